The normalized spacial score (nSPS) is 10.3. The molecular weight excluding hydrogens is 232 g/mol. The van der Waals surface area contributed by atoms with Crippen LogP contribution < -0.4 is 11.1 Å². The van der Waals surface area contributed by atoms with Crippen LogP contribution >= 0.6 is 0 Å². The Morgan fingerprint density at radius 3 is 3.00 bits per heavy atom. The van der Waals surface area contributed by atoms with E-state index >= 15 is 0 Å². The number of nitrogen functional groups attached to an aromatic ring is 1. The molecule has 1 aromatic heterocycles. The molecule has 0 radical (unpaired) electrons. The van der Waals surface area contributed by atoms with Crippen LogP contribution in [0.25, 0.3) is 0 Å². The van der Waals surface area contributed by atoms with Crippen molar-refractivity contribution < 1.29 is 9.32 Å². The highest BCUT2D eigenvalue weighted by molar-refractivity contribution is 5.94. The van der Waals surface area contributed by atoms with Gasteiger partial charge in [-0.25, -0.2) is 0 Å². The lowest BCUT2D eigenvalue weighted by atomic mass is 10.1. The molecule has 0 bridgehead atoms. The highest BCUT2D eigenvalue weighted by atomic mass is 16.5. The molecule has 0 aliphatic heterocycles. The number of benzene rings is 1. The minimum atomic E-state index is -0.141. The third-order valence-corrected chi connectivity index (χ3v) is 2.56. The number of carbonyl (C=O) groups excluding carboxylic acids is 1. The number of hydrogen-bond acceptors (Lipinski definition) is 5. The van der Waals surface area contributed by atoms with Gasteiger partial charge in [-0.3, -0.25) is 4.79 Å². The van der Waals surface area contributed by atoms with Crippen LogP contribution in [0.1, 0.15) is 21.8 Å². The van der Waals surface area contributed by atoms with Crippen LogP contribution in [0.5, 0.6) is 0 Å². The number of rotatable bonds is 4. The highest BCUT2D eigenvalue weighted by Crippen LogP contribution is 2.12. The molecule has 3 N–H and O–H groups in total. The molecule has 6 heteroatoms. The Bertz CT molecular complexity index is 537. The van der Waals surface area contributed by atoms with Gasteiger partial charge in [0.1, 0.15) is 0 Å². The smallest absolute Gasteiger partial charge is 0.251 e. The van der Waals surface area contributed by atoms with Crippen LogP contribution in [0.15, 0.2) is 29.0 Å². The zero-order valence-corrected chi connectivity index (χ0v) is 10.0. The first-order chi connectivity index (χ1) is 8.66. The molecule has 0 aliphatic carbocycles. The van der Waals surface area contributed by atoms with E-state index in [1.165, 1.54) is 6.33 Å². The van der Waals surface area contributed by atoms with Gasteiger partial charge in [-0.05, 0) is 30.7 Å². The number of nitrogens with two attached hydrogens (primary N) is 1. The lowest BCUT2D eigenvalue weighted by Gasteiger charge is -2.06. The van der Waals surface area contributed by atoms with Gasteiger partial charge in [-0.1, -0.05) is 5.16 Å². The summed E-state index contributed by atoms with van der Waals surface area (Å²) in [6.07, 6.45) is 1.85. The number of nitrogens with zero attached hydrogens (tertiary/aromatic N) is 2. The second-order valence-corrected chi connectivity index (χ2v) is 3.91. The SMILES string of the molecule is Cc1cc(C(=O)NCCc2ncno2)ccc1N. The van der Waals surface area contributed by atoms with E-state index in [9.17, 15) is 4.79 Å². The second-order valence-electron chi connectivity index (χ2n) is 3.91. The zero-order valence-electron chi connectivity index (χ0n) is 10.0. The van der Waals surface area contributed by atoms with Gasteiger partial charge in [0.15, 0.2) is 6.33 Å². The number of hydrogen-bond donors (Lipinski definition) is 2. The standard InChI is InChI=1S/C12H14N4O2/c1-8-6-9(2-3-10(8)13)12(17)14-5-4-11-15-7-16-18-11/h2-3,6-7H,4-5,13H2,1H3,(H,14,17). The van der Waals surface area contributed by atoms with Crippen molar-refractivity contribution in [1.29, 1.82) is 0 Å². The molecule has 2 rings (SSSR count). The molecule has 0 aliphatic rings. The van der Waals surface area contributed by atoms with Crippen LogP contribution in [0.2, 0.25) is 0 Å². The molecule has 0 fully saturated rings. The topological polar surface area (TPSA) is 94.0 Å². The van der Waals surface area contributed by atoms with Crippen molar-refractivity contribution in [3.05, 3.63) is 41.5 Å². The molecule has 0 saturated heterocycles. The van der Waals surface area contributed by atoms with E-state index in [1.54, 1.807) is 18.2 Å². The second kappa shape index (κ2) is 5.31. The van der Waals surface area contributed by atoms with Crippen LogP contribution in [-0.2, 0) is 6.42 Å². The lowest BCUT2D eigenvalue weighted by molar-refractivity contribution is 0.0953. The molecule has 6 nitrogen and oxygen atoms in total. The predicted molar refractivity (Wildman–Crippen MR) is 65.9 cm³/mol. The molecular formula is C12H14N4O2. The van der Waals surface area contributed by atoms with Crippen molar-refractivity contribution in [2.24, 2.45) is 0 Å². The third kappa shape index (κ3) is 2.85. The Kier molecular flexibility index (Phi) is 3.57. The Balaban J connectivity index is 1.89. The minimum Gasteiger partial charge on any atom is -0.399 e. The van der Waals surface area contributed by atoms with E-state index in [1.807, 2.05) is 6.92 Å². The molecule has 1 heterocycles. The largest absolute Gasteiger partial charge is 0.399 e. The molecule has 0 saturated carbocycles. The molecule has 0 atom stereocenters. The average molecular weight is 246 g/mol. The van der Waals surface area contributed by atoms with Gasteiger partial charge in [0.05, 0.1) is 0 Å². The Hall–Kier alpha value is -2.37. The zero-order chi connectivity index (χ0) is 13.0. The first kappa shape index (κ1) is 12.1. The number of amides is 1. The van der Waals surface area contributed by atoms with Gasteiger partial charge in [-0.15, -0.1) is 0 Å². The number of aryl methyl sites for hydroxylation is 1. The first-order valence-corrected chi connectivity index (χ1v) is 5.56. The van der Waals surface area contributed by atoms with E-state index in [0.717, 1.165) is 5.56 Å². The summed E-state index contributed by atoms with van der Waals surface area (Å²) in [5.41, 5.74) is 7.85. The van der Waals surface area contributed by atoms with Crippen molar-refractivity contribution in [3.8, 4) is 0 Å². The van der Waals surface area contributed by atoms with Crippen LogP contribution in [-0.4, -0.2) is 22.6 Å². The highest BCUT2D eigenvalue weighted by Gasteiger charge is 2.07. The van der Waals surface area contributed by atoms with E-state index in [2.05, 4.69) is 15.5 Å². The Morgan fingerprint density at radius 2 is 2.33 bits per heavy atom. The van der Waals surface area contributed by atoms with Crippen LogP contribution in [0, 0.1) is 6.92 Å². The summed E-state index contributed by atoms with van der Waals surface area (Å²) in [4.78, 5) is 15.7. The number of aromatic nitrogens is 2. The molecule has 18 heavy (non-hydrogen) atoms. The van der Waals surface area contributed by atoms with Gasteiger partial charge in [-0.2, -0.15) is 4.98 Å². The summed E-state index contributed by atoms with van der Waals surface area (Å²) < 4.78 is 4.83. The maximum Gasteiger partial charge on any atom is 0.251 e. The Labute approximate surface area is 104 Å². The Morgan fingerprint density at radius 1 is 1.50 bits per heavy atom. The quantitative estimate of drug-likeness (QED) is 0.783. The summed E-state index contributed by atoms with van der Waals surface area (Å²) in [6, 6.07) is 5.18. The summed E-state index contributed by atoms with van der Waals surface area (Å²) >= 11 is 0. The monoisotopic (exact) mass is 246 g/mol. The number of nitrogens with one attached hydrogen (secondary N) is 1. The van der Waals surface area contributed by atoms with E-state index < -0.39 is 0 Å². The van der Waals surface area contributed by atoms with Crippen LogP contribution in [0.4, 0.5) is 5.69 Å². The molecule has 94 valence electrons. The fourth-order valence-corrected chi connectivity index (χ4v) is 1.51. The van der Waals surface area contributed by atoms with Crippen molar-refractivity contribution >= 4 is 11.6 Å². The van der Waals surface area contributed by atoms with Gasteiger partial charge in [0, 0.05) is 24.2 Å². The number of anilines is 1. The molecule has 0 spiro atoms. The van der Waals surface area contributed by atoms with Gasteiger partial charge >= 0.3 is 0 Å². The fraction of sp³-hybridized carbons (Fsp3) is 0.250. The van der Waals surface area contributed by atoms with Gasteiger partial charge in [0.2, 0.25) is 5.89 Å². The predicted octanol–water partition coefficient (Wildman–Crippen LogP) is 0.933. The van der Waals surface area contributed by atoms with Crippen molar-refractivity contribution in [3.63, 3.8) is 0 Å². The van der Waals surface area contributed by atoms with Crippen LogP contribution in [0.3, 0.4) is 0 Å². The molecule has 2 aromatic rings. The van der Waals surface area contributed by atoms with E-state index in [4.69, 9.17) is 10.3 Å². The number of carbonyl (C=O) groups is 1. The maximum absolute atomic E-state index is 11.8. The molecule has 1 aromatic carbocycles. The van der Waals surface area contributed by atoms with Crippen molar-refractivity contribution in [2.45, 2.75) is 13.3 Å². The average Bonchev–Trinajstić information content (AvgIpc) is 2.85. The fourth-order valence-electron chi connectivity index (χ4n) is 1.51. The van der Waals surface area contributed by atoms with Gasteiger partial charge in [0.25, 0.3) is 5.91 Å². The first-order valence-electron chi connectivity index (χ1n) is 5.56. The van der Waals surface area contributed by atoms with Crippen molar-refractivity contribution in [1.82, 2.24) is 15.5 Å². The summed E-state index contributed by atoms with van der Waals surface area (Å²) in [7, 11) is 0. The minimum absolute atomic E-state index is 0.141. The summed E-state index contributed by atoms with van der Waals surface area (Å²) in [5, 5.41) is 6.26. The van der Waals surface area contributed by atoms with E-state index in [0.29, 0.717) is 30.1 Å². The van der Waals surface area contributed by atoms with E-state index in [-0.39, 0.29) is 5.91 Å². The summed E-state index contributed by atoms with van der Waals surface area (Å²) in [6.45, 7) is 2.31. The van der Waals surface area contributed by atoms with Gasteiger partial charge < -0.3 is 15.6 Å². The maximum atomic E-state index is 11.8. The molecule has 1 amide bonds. The molecule has 0 unspecified atom stereocenters. The lowest BCUT2D eigenvalue weighted by Crippen LogP contribution is -2.25. The third-order valence-electron chi connectivity index (χ3n) is 2.56. The van der Waals surface area contributed by atoms with Crippen molar-refractivity contribution in [2.75, 3.05) is 12.3 Å². The summed E-state index contributed by atoms with van der Waals surface area (Å²) in [5.74, 6) is 0.362.